The van der Waals surface area contributed by atoms with Crippen LogP contribution in [0.4, 0.5) is 0 Å². The minimum Gasteiger partial charge on any atom is -0.284 e. The molecule has 96 valence electrons. The lowest BCUT2D eigenvalue weighted by atomic mass is 9.97. The fourth-order valence-electron chi connectivity index (χ4n) is 3.01. The molecule has 1 heterocycles. The molecule has 1 fully saturated rings. The van der Waals surface area contributed by atoms with Gasteiger partial charge in [0.05, 0.1) is 6.07 Å². The third-order valence-electron chi connectivity index (χ3n) is 4.00. The Balaban J connectivity index is 2.04. The average Bonchev–Trinajstić information content (AvgIpc) is 2.49. The van der Waals surface area contributed by atoms with E-state index in [2.05, 4.69) is 47.4 Å². The molecule has 1 atom stereocenters. The number of benzene rings is 2. The van der Waals surface area contributed by atoms with Crippen molar-refractivity contribution < 1.29 is 0 Å². The molecule has 2 nitrogen and oxygen atoms in total. The Morgan fingerprint density at radius 3 is 2.47 bits per heavy atom. The van der Waals surface area contributed by atoms with E-state index in [9.17, 15) is 5.26 Å². The van der Waals surface area contributed by atoms with Gasteiger partial charge in [-0.05, 0) is 42.3 Å². The zero-order chi connectivity index (χ0) is 13.1. The number of hydrogen-bond donors (Lipinski definition) is 0. The monoisotopic (exact) mass is 250 g/mol. The van der Waals surface area contributed by atoms with Crippen LogP contribution in [0.1, 0.15) is 30.9 Å². The quantitative estimate of drug-likeness (QED) is 0.808. The summed E-state index contributed by atoms with van der Waals surface area (Å²) in [6.07, 6.45) is 3.72. The Morgan fingerprint density at radius 1 is 0.947 bits per heavy atom. The Kier molecular flexibility index (Phi) is 3.48. The lowest BCUT2D eigenvalue weighted by molar-refractivity contribution is 0.197. The first kappa shape index (κ1) is 12.2. The van der Waals surface area contributed by atoms with E-state index < -0.39 is 0 Å². The minimum atomic E-state index is -0.105. The molecule has 3 rings (SSSR count). The molecule has 0 aromatic heterocycles. The molecule has 1 saturated heterocycles. The van der Waals surface area contributed by atoms with Gasteiger partial charge in [-0.3, -0.25) is 4.90 Å². The van der Waals surface area contributed by atoms with Crippen LogP contribution < -0.4 is 0 Å². The van der Waals surface area contributed by atoms with Crippen LogP contribution in [0, 0.1) is 11.3 Å². The lowest BCUT2D eigenvalue weighted by Gasteiger charge is -2.31. The summed E-state index contributed by atoms with van der Waals surface area (Å²) in [6, 6.07) is 17.0. The van der Waals surface area contributed by atoms with E-state index in [0.29, 0.717) is 0 Å². The first-order chi connectivity index (χ1) is 9.40. The van der Waals surface area contributed by atoms with Crippen LogP contribution in [0.5, 0.6) is 0 Å². The molecule has 2 aromatic carbocycles. The summed E-state index contributed by atoms with van der Waals surface area (Å²) < 4.78 is 0. The van der Waals surface area contributed by atoms with Crippen LogP contribution >= 0.6 is 0 Å². The second-order valence-corrected chi connectivity index (χ2v) is 5.20. The van der Waals surface area contributed by atoms with Crippen molar-refractivity contribution in [1.82, 2.24) is 4.90 Å². The third kappa shape index (κ3) is 2.34. The van der Waals surface area contributed by atoms with Crippen LogP contribution in [0.25, 0.3) is 10.8 Å². The van der Waals surface area contributed by atoms with Crippen molar-refractivity contribution >= 4 is 10.8 Å². The highest BCUT2D eigenvalue weighted by atomic mass is 15.2. The molecule has 19 heavy (non-hydrogen) atoms. The topological polar surface area (TPSA) is 27.0 Å². The zero-order valence-electron chi connectivity index (χ0n) is 11.0. The normalized spacial score (nSPS) is 18.1. The minimum absolute atomic E-state index is 0.105. The van der Waals surface area contributed by atoms with Gasteiger partial charge in [-0.25, -0.2) is 0 Å². The Bertz CT molecular complexity index is 601. The molecule has 1 aliphatic heterocycles. The second kappa shape index (κ2) is 5.42. The highest BCUT2D eigenvalue weighted by molar-refractivity contribution is 5.86. The maximum atomic E-state index is 9.60. The summed E-state index contributed by atoms with van der Waals surface area (Å²) in [6.45, 7) is 2.09. The van der Waals surface area contributed by atoms with E-state index in [1.165, 1.54) is 30.0 Å². The molecule has 2 heteroatoms. The fraction of sp³-hybridized carbons (Fsp3) is 0.353. The van der Waals surface area contributed by atoms with Crippen molar-refractivity contribution in [3.05, 3.63) is 48.0 Å². The van der Waals surface area contributed by atoms with Gasteiger partial charge >= 0.3 is 0 Å². The molecule has 2 aromatic rings. The number of fused-ring (bicyclic) bond motifs is 1. The Morgan fingerprint density at radius 2 is 1.68 bits per heavy atom. The summed E-state index contributed by atoms with van der Waals surface area (Å²) in [5.41, 5.74) is 1.16. The maximum absolute atomic E-state index is 9.60. The van der Waals surface area contributed by atoms with Gasteiger partial charge in [-0.1, -0.05) is 48.9 Å². The summed E-state index contributed by atoms with van der Waals surface area (Å²) in [5.74, 6) is 0. The van der Waals surface area contributed by atoms with Crippen LogP contribution in [-0.2, 0) is 0 Å². The van der Waals surface area contributed by atoms with Crippen molar-refractivity contribution in [3.8, 4) is 6.07 Å². The van der Waals surface area contributed by atoms with Gasteiger partial charge in [0.15, 0.2) is 0 Å². The van der Waals surface area contributed by atoms with E-state index in [1.54, 1.807) is 0 Å². The van der Waals surface area contributed by atoms with Crippen LogP contribution in [-0.4, -0.2) is 18.0 Å². The van der Waals surface area contributed by atoms with Crippen molar-refractivity contribution in [2.75, 3.05) is 13.1 Å². The van der Waals surface area contributed by atoms with E-state index >= 15 is 0 Å². The molecule has 1 unspecified atom stereocenters. The molecule has 0 radical (unpaired) electrons. The number of nitrogens with zero attached hydrogens (tertiary/aromatic N) is 2. The Labute approximate surface area is 114 Å². The second-order valence-electron chi connectivity index (χ2n) is 5.20. The smallest absolute Gasteiger partial charge is 0.124 e. The van der Waals surface area contributed by atoms with Gasteiger partial charge in [0.1, 0.15) is 6.04 Å². The summed E-state index contributed by atoms with van der Waals surface area (Å²) in [7, 11) is 0. The van der Waals surface area contributed by atoms with Crippen LogP contribution in [0.15, 0.2) is 42.5 Å². The van der Waals surface area contributed by atoms with Gasteiger partial charge in [0.2, 0.25) is 0 Å². The van der Waals surface area contributed by atoms with Crippen LogP contribution in [0.3, 0.4) is 0 Å². The highest BCUT2D eigenvalue weighted by Gasteiger charge is 2.23. The number of piperidine rings is 1. The Hall–Kier alpha value is -1.85. The molecule has 1 aliphatic rings. The molecule has 0 bridgehead atoms. The summed E-state index contributed by atoms with van der Waals surface area (Å²) in [4.78, 5) is 2.32. The largest absolute Gasteiger partial charge is 0.284 e. The number of hydrogen-bond acceptors (Lipinski definition) is 2. The predicted octanol–water partition coefficient (Wildman–Crippen LogP) is 3.89. The van der Waals surface area contributed by atoms with Gasteiger partial charge in [-0.15, -0.1) is 0 Å². The molecule has 0 spiro atoms. The van der Waals surface area contributed by atoms with Gasteiger partial charge in [-0.2, -0.15) is 5.26 Å². The number of likely N-dealkylation sites (tertiary alicyclic amines) is 1. The first-order valence-corrected chi connectivity index (χ1v) is 7.01. The molecule has 0 amide bonds. The molecule has 0 N–H and O–H groups in total. The molecule has 0 saturated carbocycles. The highest BCUT2D eigenvalue weighted by Crippen LogP contribution is 2.29. The SMILES string of the molecule is N#CC(c1cccc2ccccc12)N1CCCCC1. The van der Waals surface area contributed by atoms with E-state index in [4.69, 9.17) is 0 Å². The average molecular weight is 250 g/mol. The van der Waals surface area contributed by atoms with Crippen molar-refractivity contribution in [1.29, 1.82) is 5.26 Å². The van der Waals surface area contributed by atoms with Crippen LogP contribution in [0.2, 0.25) is 0 Å². The van der Waals surface area contributed by atoms with Gasteiger partial charge in [0.25, 0.3) is 0 Å². The standard InChI is InChI=1S/C17H18N2/c18-13-17(19-11-4-1-5-12-19)16-10-6-8-14-7-2-3-9-15(14)16/h2-3,6-10,17H,1,4-5,11-12H2. The summed E-state index contributed by atoms with van der Waals surface area (Å²) >= 11 is 0. The number of rotatable bonds is 2. The van der Waals surface area contributed by atoms with Crippen molar-refractivity contribution in [2.24, 2.45) is 0 Å². The third-order valence-corrected chi connectivity index (χ3v) is 4.00. The van der Waals surface area contributed by atoms with Gasteiger partial charge < -0.3 is 0 Å². The van der Waals surface area contributed by atoms with Crippen molar-refractivity contribution in [3.63, 3.8) is 0 Å². The van der Waals surface area contributed by atoms with E-state index in [-0.39, 0.29) is 6.04 Å². The van der Waals surface area contributed by atoms with E-state index in [0.717, 1.165) is 18.7 Å². The van der Waals surface area contributed by atoms with E-state index in [1.807, 2.05) is 6.07 Å². The summed E-state index contributed by atoms with van der Waals surface area (Å²) in [5, 5.41) is 12.0. The predicted molar refractivity (Wildman–Crippen MR) is 77.7 cm³/mol. The molecular weight excluding hydrogens is 232 g/mol. The fourth-order valence-corrected chi connectivity index (χ4v) is 3.01. The molecule has 0 aliphatic carbocycles. The van der Waals surface area contributed by atoms with Crippen molar-refractivity contribution in [2.45, 2.75) is 25.3 Å². The maximum Gasteiger partial charge on any atom is 0.124 e. The van der Waals surface area contributed by atoms with Gasteiger partial charge in [0, 0.05) is 0 Å². The molecular formula is C17H18N2. The lowest BCUT2D eigenvalue weighted by Crippen LogP contribution is -2.33. The first-order valence-electron chi connectivity index (χ1n) is 7.01. The number of nitriles is 1. The zero-order valence-corrected chi connectivity index (χ0v) is 11.0.